The predicted octanol–water partition coefficient (Wildman–Crippen LogP) is 4.06. The molecule has 2 aromatic rings. The fourth-order valence-corrected chi connectivity index (χ4v) is 6.13. The van der Waals surface area contributed by atoms with E-state index in [0.717, 1.165) is 30.4 Å². The third-order valence-electron chi connectivity index (χ3n) is 6.82. The van der Waals surface area contributed by atoms with Gasteiger partial charge in [0, 0.05) is 43.9 Å². The van der Waals surface area contributed by atoms with Crippen molar-refractivity contribution >= 4 is 33.6 Å². The van der Waals surface area contributed by atoms with Crippen molar-refractivity contribution in [2.75, 3.05) is 31.5 Å². The molecule has 0 saturated carbocycles. The van der Waals surface area contributed by atoms with Gasteiger partial charge in [-0.05, 0) is 61.9 Å². The van der Waals surface area contributed by atoms with Crippen LogP contribution in [0.25, 0.3) is 6.08 Å². The zero-order chi connectivity index (χ0) is 24.8. The maximum Gasteiger partial charge on any atom is 0.246 e. The standard InChI is InChI=1S/C27H33N3O4S/c1-21-10-12-24(35(33,34)30-16-6-3-7-17-30)20-25(21)28-27(32)23-14-18-29(19-15-23)26(31)13-11-22-8-4-2-5-9-22/h2,4-5,8-13,20,23H,3,6-7,14-19H2,1H3,(H,28,32). The lowest BCUT2D eigenvalue weighted by atomic mass is 9.95. The van der Waals surface area contributed by atoms with E-state index in [1.807, 2.05) is 37.3 Å². The molecule has 0 unspecified atom stereocenters. The highest BCUT2D eigenvalue weighted by atomic mass is 32.2. The highest BCUT2D eigenvalue weighted by Gasteiger charge is 2.29. The van der Waals surface area contributed by atoms with E-state index in [2.05, 4.69) is 5.32 Å². The van der Waals surface area contributed by atoms with Gasteiger partial charge in [0.2, 0.25) is 21.8 Å². The molecule has 2 aromatic carbocycles. The molecule has 0 radical (unpaired) electrons. The number of hydrogen-bond donors (Lipinski definition) is 1. The van der Waals surface area contributed by atoms with Crippen molar-refractivity contribution in [2.45, 2.75) is 43.9 Å². The molecule has 1 N–H and O–H groups in total. The Balaban J connectivity index is 1.35. The average molecular weight is 496 g/mol. The molecule has 0 aliphatic carbocycles. The summed E-state index contributed by atoms with van der Waals surface area (Å²) in [5.41, 5.74) is 2.31. The van der Waals surface area contributed by atoms with Gasteiger partial charge >= 0.3 is 0 Å². The van der Waals surface area contributed by atoms with E-state index < -0.39 is 10.0 Å². The predicted molar refractivity (Wildman–Crippen MR) is 137 cm³/mol. The first-order valence-corrected chi connectivity index (χ1v) is 13.7. The number of nitrogens with one attached hydrogen (secondary N) is 1. The first-order chi connectivity index (χ1) is 16.8. The second-order valence-corrected chi connectivity index (χ2v) is 11.2. The molecule has 2 heterocycles. The van der Waals surface area contributed by atoms with Gasteiger partial charge in [-0.2, -0.15) is 4.31 Å². The number of piperidine rings is 2. The number of anilines is 1. The number of likely N-dealkylation sites (tertiary alicyclic amines) is 1. The second-order valence-electron chi connectivity index (χ2n) is 9.27. The lowest BCUT2D eigenvalue weighted by Crippen LogP contribution is -2.40. The van der Waals surface area contributed by atoms with Crippen molar-refractivity contribution in [1.82, 2.24) is 9.21 Å². The van der Waals surface area contributed by atoms with Crippen LogP contribution in [0.2, 0.25) is 0 Å². The number of benzene rings is 2. The van der Waals surface area contributed by atoms with Crippen LogP contribution in [-0.2, 0) is 19.6 Å². The highest BCUT2D eigenvalue weighted by Crippen LogP contribution is 2.27. The molecule has 2 aliphatic rings. The van der Waals surface area contributed by atoms with Crippen LogP contribution < -0.4 is 5.32 Å². The van der Waals surface area contributed by atoms with Gasteiger partial charge in [-0.15, -0.1) is 0 Å². The number of carbonyl (C=O) groups excluding carboxylic acids is 2. The largest absolute Gasteiger partial charge is 0.339 e. The van der Waals surface area contributed by atoms with Crippen molar-refractivity contribution in [3.05, 3.63) is 65.7 Å². The molecule has 8 heteroatoms. The number of rotatable bonds is 6. The SMILES string of the molecule is Cc1ccc(S(=O)(=O)N2CCCCC2)cc1NC(=O)C1CCN(C(=O)C=Cc2ccccc2)CC1. The highest BCUT2D eigenvalue weighted by molar-refractivity contribution is 7.89. The smallest absolute Gasteiger partial charge is 0.246 e. The van der Waals surface area contributed by atoms with Gasteiger partial charge in [0.25, 0.3) is 0 Å². The zero-order valence-corrected chi connectivity index (χ0v) is 21.0. The molecule has 2 aliphatic heterocycles. The van der Waals surface area contributed by atoms with Crippen LogP contribution in [0, 0.1) is 12.8 Å². The second kappa shape index (κ2) is 11.2. The first kappa shape index (κ1) is 25.1. The lowest BCUT2D eigenvalue weighted by molar-refractivity contribution is -0.130. The molecule has 35 heavy (non-hydrogen) atoms. The molecule has 0 bridgehead atoms. The molecule has 2 saturated heterocycles. The summed E-state index contributed by atoms with van der Waals surface area (Å²) in [7, 11) is -3.57. The monoisotopic (exact) mass is 495 g/mol. The van der Waals surface area contributed by atoms with E-state index in [0.29, 0.717) is 44.7 Å². The van der Waals surface area contributed by atoms with E-state index in [9.17, 15) is 18.0 Å². The van der Waals surface area contributed by atoms with Gasteiger partial charge < -0.3 is 10.2 Å². The molecule has 0 aromatic heterocycles. The number of hydrogen-bond acceptors (Lipinski definition) is 4. The summed E-state index contributed by atoms with van der Waals surface area (Å²) in [6.45, 7) is 3.95. The Labute approximate surface area is 207 Å². The number of carbonyl (C=O) groups is 2. The van der Waals surface area contributed by atoms with Gasteiger partial charge in [-0.1, -0.05) is 42.8 Å². The summed E-state index contributed by atoms with van der Waals surface area (Å²) in [6.07, 6.45) is 7.32. The molecule has 0 spiro atoms. The summed E-state index contributed by atoms with van der Waals surface area (Å²) in [5, 5.41) is 2.95. The fraction of sp³-hybridized carbons (Fsp3) is 0.407. The van der Waals surface area contributed by atoms with E-state index in [-0.39, 0.29) is 22.6 Å². The maximum absolute atomic E-state index is 13.1. The van der Waals surface area contributed by atoms with Crippen molar-refractivity contribution in [3.63, 3.8) is 0 Å². The summed E-state index contributed by atoms with van der Waals surface area (Å²) in [5.74, 6) is -0.411. The van der Waals surface area contributed by atoms with Crippen LogP contribution in [0.5, 0.6) is 0 Å². The zero-order valence-electron chi connectivity index (χ0n) is 20.2. The Kier molecular flexibility index (Phi) is 8.03. The summed E-state index contributed by atoms with van der Waals surface area (Å²) < 4.78 is 27.6. The van der Waals surface area contributed by atoms with Crippen LogP contribution in [-0.4, -0.2) is 55.6 Å². The minimum absolute atomic E-state index is 0.0563. The lowest BCUT2D eigenvalue weighted by Gasteiger charge is -2.31. The molecule has 4 rings (SSSR count). The Bertz CT molecular complexity index is 1180. The van der Waals surface area contributed by atoms with Gasteiger partial charge in [0.05, 0.1) is 4.90 Å². The van der Waals surface area contributed by atoms with E-state index in [4.69, 9.17) is 0 Å². The minimum Gasteiger partial charge on any atom is -0.339 e. The molecular weight excluding hydrogens is 462 g/mol. The minimum atomic E-state index is -3.57. The van der Waals surface area contributed by atoms with Gasteiger partial charge in [0.15, 0.2) is 0 Å². The molecule has 2 amide bonds. The Morgan fingerprint density at radius 2 is 1.63 bits per heavy atom. The quantitative estimate of drug-likeness (QED) is 0.613. The third-order valence-corrected chi connectivity index (χ3v) is 8.71. The summed E-state index contributed by atoms with van der Waals surface area (Å²) >= 11 is 0. The Morgan fingerprint density at radius 1 is 0.943 bits per heavy atom. The first-order valence-electron chi connectivity index (χ1n) is 12.3. The Morgan fingerprint density at radius 3 is 2.31 bits per heavy atom. The van der Waals surface area contributed by atoms with Gasteiger partial charge in [-0.3, -0.25) is 9.59 Å². The summed E-state index contributed by atoms with van der Waals surface area (Å²) in [4.78, 5) is 27.5. The van der Waals surface area contributed by atoms with Gasteiger partial charge in [-0.25, -0.2) is 8.42 Å². The number of nitrogens with zero attached hydrogens (tertiary/aromatic N) is 2. The third kappa shape index (κ3) is 6.18. The number of amides is 2. The van der Waals surface area contributed by atoms with Gasteiger partial charge in [0.1, 0.15) is 0 Å². The van der Waals surface area contributed by atoms with E-state index >= 15 is 0 Å². The van der Waals surface area contributed by atoms with Crippen molar-refractivity contribution in [3.8, 4) is 0 Å². The van der Waals surface area contributed by atoms with Crippen LogP contribution in [0.1, 0.15) is 43.2 Å². The van der Waals surface area contributed by atoms with Crippen molar-refractivity contribution in [2.24, 2.45) is 5.92 Å². The topological polar surface area (TPSA) is 86.8 Å². The van der Waals surface area contributed by atoms with Crippen molar-refractivity contribution < 1.29 is 18.0 Å². The number of aryl methyl sites for hydroxylation is 1. The van der Waals surface area contributed by atoms with Crippen LogP contribution >= 0.6 is 0 Å². The van der Waals surface area contributed by atoms with Crippen LogP contribution in [0.4, 0.5) is 5.69 Å². The normalized spacial score (nSPS) is 18.0. The molecule has 0 atom stereocenters. The average Bonchev–Trinajstić information content (AvgIpc) is 2.89. The molecule has 2 fully saturated rings. The molecule has 186 valence electrons. The maximum atomic E-state index is 13.1. The fourth-order valence-electron chi connectivity index (χ4n) is 4.58. The number of sulfonamides is 1. The van der Waals surface area contributed by atoms with E-state index in [1.165, 1.54) is 4.31 Å². The summed E-state index contributed by atoms with van der Waals surface area (Å²) in [6, 6.07) is 14.6. The molecular formula is C27H33N3O4S. The van der Waals surface area contributed by atoms with Crippen LogP contribution in [0.15, 0.2) is 59.5 Å². The molecule has 7 nitrogen and oxygen atoms in total. The Hall–Kier alpha value is -2.97. The van der Waals surface area contributed by atoms with E-state index in [1.54, 1.807) is 35.3 Å². The van der Waals surface area contributed by atoms with Crippen molar-refractivity contribution in [1.29, 1.82) is 0 Å². The van der Waals surface area contributed by atoms with Crippen LogP contribution in [0.3, 0.4) is 0 Å².